The van der Waals surface area contributed by atoms with Gasteiger partial charge in [-0.25, -0.2) is 4.52 Å². The molecule has 0 amide bonds. The van der Waals surface area contributed by atoms with E-state index in [-0.39, 0.29) is 0 Å². The molecule has 0 unspecified atom stereocenters. The number of aromatic nitrogens is 2. The van der Waals surface area contributed by atoms with Crippen molar-refractivity contribution in [3.63, 3.8) is 0 Å². The van der Waals surface area contributed by atoms with Gasteiger partial charge in [0.15, 0.2) is 0 Å². The molecular formula is C16H23N3. The summed E-state index contributed by atoms with van der Waals surface area (Å²) < 4.78 is 2.03. The smallest absolute Gasteiger partial charge is 0.0696 e. The molecule has 2 aromatic heterocycles. The predicted molar refractivity (Wildman–Crippen MR) is 78.4 cm³/mol. The Morgan fingerprint density at radius 1 is 1.37 bits per heavy atom. The van der Waals surface area contributed by atoms with E-state index in [1.54, 1.807) is 0 Å². The molecule has 3 nitrogen and oxygen atoms in total. The molecule has 1 aliphatic carbocycles. The van der Waals surface area contributed by atoms with E-state index in [1.165, 1.54) is 35.9 Å². The molecule has 2 aromatic rings. The van der Waals surface area contributed by atoms with Crippen LogP contribution in [0.3, 0.4) is 0 Å². The third kappa shape index (κ3) is 2.39. The highest BCUT2D eigenvalue weighted by Crippen LogP contribution is 2.25. The van der Waals surface area contributed by atoms with Crippen molar-refractivity contribution < 1.29 is 0 Å². The third-order valence-corrected chi connectivity index (χ3v) is 4.36. The minimum atomic E-state index is 0.529. The van der Waals surface area contributed by atoms with Crippen molar-refractivity contribution in [2.45, 2.75) is 51.6 Å². The third-order valence-electron chi connectivity index (χ3n) is 4.36. The van der Waals surface area contributed by atoms with E-state index in [4.69, 9.17) is 0 Å². The van der Waals surface area contributed by atoms with Crippen LogP contribution in [0.1, 0.15) is 50.2 Å². The van der Waals surface area contributed by atoms with E-state index in [1.807, 2.05) is 10.7 Å². The topological polar surface area (TPSA) is 20.5 Å². The van der Waals surface area contributed by atoms with E-state index < -0.39 is 0 Å². The Morgan fingerprint density at radius 2 is 2.16 bits per heavy atom. The fourth-order valence-electron chi connectivity index (χ4n) is 2.83. The zero-order chi connectivity index (χ0) is 13.4. The maximum atomic E-state index is 4.49. The molecule has 0 saturated heterocycles. The lowest BCUT2D eigenvalue weighted by molar-refractivity contribution is 0.152. The quantitative estimate of drug-likeness (QED) is 0.836. The van der Waals surface area contributed by atoms with E-state index >= 15 is 0 Å². The van der Waals surface area contributed by atoms with Crippen LogP contribution in [-0.2, 0) is 6.54 Å². The fourth-order valence-corrected chi connectivity index (χ4v) is 2.83. The largest absolute Gasteiger partial charge is 0.299 e. The highest BCUT2D eigenvalue weighted by atomic mass is 15.2. The number of nitrogens with zero attached hydrogens (tertiary/aromatic N) is 3. The van der Waals surface area contributed by atoms with Gasteiger partial charge >= 0.3 is 0 Å². The maximum absolute atomic E-state index is 4.49. The van der Waals surface area contributed by atoms with Gasteiger partial charge in [0, 0.05) is 24.3 Å². The highest BCUT2D eigenvalue weighted by molar-refractivity contribution is 5.55. The van der Waals surface area contributed by atoms with E-state index in [0.717, 1.165) is 12.6 Å². The van der Waals surface area contributed by atoms with Gasteiger partial charge in [-0.1, -0.05) is 26.3 Å². The van der Waals surface area contributed by atoms with Crippen molar-refractivity contribution in [2.75, 3.05) is 7.05 Å². The maximum Gasteiger partial charge on any atom is 0.0696 e. The summed E-state index contributed by atoms with van der Waals surface area (Å²) in [4.78, 5) is 2.47. The molecule has 0 aliphatic heterocycles. The van der Waals surface area contributed by atoms with Crippen LogP contribution in [0, 0.1) is 0 Å². The number of hydrogen-bond acceptors (Lipinski definition) is 2. The molecule has 0 bridgehead atoms. The van der Waals surface area contributed by atoms with Crippen molar-refractivity contribution in [3.8, 4) is 0 Å². The first-order valence-electron chi connectivity index (χ1n) is 7.31. The summed E-state index contributed by atoms with van der Waals surface area (Å²) in [6.45, 7) is 5.46. The summed E-state index contributed by atoms with van der Waals surface area (Å²) in [5, 5.41) is 4.49. The van der Waals surface area contributed by atoms with Crippen LogP contribution in [-0.4, -0.2) is 27.6 Å². The molecule has 0 radical (unpaired) electrons. The van der Waals surface area contributed by atoms with Crippen LogP contribution in [0.2, 0.25) is 0 Å². The van der Waals surface area contributed by atoms with Gasteiger partial charge in [0.1, 0.15) is 0 Å². The molecule has 3 rings (SSSR count). The first kappa shape index (κ1) is 12.7. The van der Waals surface area contributed by atoms with Crippen LogP contribution >= 0.6 is 0 Å². The van der Waals surface area contributed by atoms with Gasteiger partial charge < -0.3 is 0 Å². The van der Waals surface area contributed by atoms with Gasteiger partial charge in [0.2, 0.25) is 0 Å². The van der Waals surface area contributed by atoms with Crippen LogP contribution < -0.4 is 0 Å². The lowest BCUT2D eigenvalue weighted by Crippen LogP contribution is -2.36. The minimum absolute atomic E-state index is 0.529. The summed E-state index contributed by atoms with van der Waals surface area (Å²) in [7, 11) is 2.23. The van der Waals surface area contributed by atoms with E-state index in [2.05, 4.69) is 49.2 Å². The minimum Gasteiger partial charge on any atom is -0.299 e. The average molecular weight is 257 g/mol. The first-order chi connectivity index (χ1) is 9.15. The zero-order valence-corrected chi connectivity index (χ0v) is 12.1. The summed E-state index contributed by atoms with van der Waals surface area (Å²) in [6.07, 6.45) is 8.29. The fraction of sp³-hybridized carbons (Fsp3) is 0.562. The molecule has 3 heteroatoms. The van der Waals surface area contributed by atoms with Gasteiger partial charge in [0.25, 0.3) is 0 Å². The van der Waals surface area contributed by atoms with Crippen molar-refractivity contribution in [2.24, 2.45) is 0 Å². The van der Waals surface area contributed by atoms with Crippen LogP contribution in [0.15, 0.2) is 24.5 Å². The van der Waals surface area contributed by atoms with Crippen molar-refractivity contribution >= 4 is 5.52 Å². The van der Waals surface area contributed by atoms with Crippen molar-refractivity contribution in [1.29, 1.82) is 0 Å². The molecular weight excluding hydrogens is 234 g/mol. The highest BCUT2D eigenvalue weighted by Gasteiger charge is 2.21. The van der Waals surface area contributed by atoms with Gasteiger partial charge in [-0.3, -0.25) is 4.90 Å². The number of rotatable bonds is 4. The SMILES string of the molecule is CC(C)c1cnn2cc(CN(C)C3CCC3)ccc12. The second-order valence-corrected chi connectivity index (χ2v) is 6.12. The summed E-state index contributed by atoms with van der Waals surface area (Å²) in [5.74, 6) is 0.529. The number of fused-ring (bicyclic) bond motifs is 1. The Bertz CT molecular complexity index is 566. The van der Waals surface area contributed by atoms with Gasteiger partial charge in [0.05, 0.1) is 11.7 Å². The number of hydrogen-bond donors (Lipinski definition) is 0. The summed E-state index contributed by atoms with van der Waals surface area (Å²) in [5.41, 5.74) is 3.92. The Morgan fingerprint density at radius 3 is 2.79 bits per heavy atom. The van der Waals surface area contributed by atoms with Crippen molar-refractivity contribution in [3.05, 3.63) is 35.7 Å². The summed E-state index contributed by atoms with van der Waals surface area (Å²) in [6, 6.07) is 5.25. The van der Waals surface area contributed by atoms with E-state index in [0.29, 0.717) is 5.92 Å². The zero-order valence-electron chi connectivity index (χ0n) is 12.1. The second-order valence-electron chi connectivity index (χ2n) is 6.12. The Labute approximate surface area is 115 Å². The van der Waals surface area contributed by atoms with E-state index in [9.17, 15) is 0 Å². The first-order valence-corrected chi connectivity index (χ1v) is 7.31. The van der Waals surface area contributed by atoms with Gasteiger partial charge in [-0.2, -0.15) is 5.10 Å². The number of pyridine rings is 1. The molecule has 1 saturated carbocycles. The van der Waals surface area contributed by atoms with Crippen LogP contribution in [0.4, 0.5) is 0 Å². The molecule has 0 spiro atoms. The predicted octanol–water partition coefficient (Wildman–Crippen LogP) is 3.44. The molecule has 1 fully saturated rings. The Balaban J connectivity index is 1.81. The Hall–Kier alpha value is -1.35. The molecule has 0 N–H and O–H groups in total. The molecule has 0 aromatic carbocycles. The molecule has 1 aliphatic rings. The average Bonchev–Trinajstić information content (AvgIpc) is 2.69. The second kappa shape index (κ2) is 4.97. The molecule has 2 heterocycles. The van der Waals surface area contributed by atoms with Gasteiger partial charge in [-0.05, 0) is 37.4 Å². The lowest BCUT2D eigenvalue weighted by Gasteiger charge is -2.34. The molecule has 19 heavy (non-hydrogen) atoms. The van der Waals surface area contributed by atoms with Crippen LogP contribution in [0.5, 0.6) is 0 Å². The lowest BCUT2D eigenvalue weighted by atomic mass is 9.91. The Kier molecular flexibility index (Phi) is 3.31. The molecule has 0 atom stereocenters. The van der Waals surface area contributed by atoms with Crippen LogP contribution in [0.25, 0.3) is 5.52 Å². The molecule has 102 valence electrons. The van der Waals surface area contributed by atoms with Crippen molar-refractivity contribution in [1.82, 2.24) is 14.5 Å². The normalized spacial score (nSPS) is 16.5. The monoisotopic (exact) mass is 257 g/mol. The summed E-state index contributed by atoms with van der Waals surface area (Å²) >= 11 is 0. The standard InChI is InChI=1S/C16H23N3/c1-12(2)15-9-17-19-11-13(7-8-16(15)19)10-18(3)14-5-4-6-14/h7-9,11-12,14H,4-6,10H2,1-3H3. The van der Waals surface area contributed by atoms with Gasteiger partial charge in [-0.15, -0.1) is 0 Å².